The number of hydrogen-bond acceptors (Lipinski definition) is 4. The molecule has 1 aromatic heterocycles. The van der Waals surface area contributed by atoms with Crippen LogP contribution in [-0.2, 0) is 12.8 Å². The maximum Gasteiger partial charge on any atom is 0.115 e. The van der Waals surface area contributed by atoms with Gasteiger partial charge in [0.2, 0.25) is 0 Å². The van der Waals surface area contributed by atoms with Crippen molar-refractivity contribution in [3.63, 3.8) is 0 Å². The van der Waals surface area contributed by atoms with Crippen LogP contribution < -0.4 is 5.32 Å². The first kappa shape index (κ1) is 15.1. The van der Waals surface area contributed by atoms with Crippen molar-refractivity contribution >= 4 is 15.9 Å². The first-order valence-electron chi connectivity index (χ1n) is 8.13. The van der Waals surface area contributed by atoms with Gasteiger partial charge < -0.3 is 10.4 Å². The van der Waals surface area contributed by atoms with Crippen LogP contribution in [0.25, 0.3) is 0 Å². The quantitative estimate of drug-likeness (QED) is 0.806. The van der Waals surface area contributed by atoms with Crippen LogP contribution in [0.4, 0.5) is 0 Å². The molecule has 1 fully saturated rings. The standard InChI is InChI=1S/C18H20BrN3O/c19-14-9-13-2-1-12-10-15(23)3-4-16(12)18(17(13)21-11-14)22-7-5-20-6-8-22/h3-4,9-11,18,20,23H,1-2,5-8H2. The lowest BCUT2D eigenvalue weighted by Crippen LogP contribution is -2.45. The first-order chi connectivity index (χ1) is 11.2. The third-order valence-corrected chi connectivity index (χ3v) is 5.26. The number of phenols is 1. The summed E-state index contributed by atoms with van der Waals surface area (Å²) in [7, 11) is 0. The lowest BCUT2D eigenvalue weighted by atomic mass is 9.96. The molecule has 1 unspecified atom stereocenters. The van der Waals surface area contributed by atoms with Crippen LogP contribution in [-0.4, -0.2) is 41.2 Å². The van der Waals surface area contributed by atoms with E-state index in [1.807, 2.05) is 12.3 Å². The molecule has 4 rings (SSSR count). The monoisotopic (exact) mass is 373 g/mol. The minimum atomic E-state index is 0.179. The van der Waals surface area contributed by atoms with Crippen LogP contribution in [0.5, 0.6) is 5.75 Å². The van der Waals surface area contributed by atoms with Gasteiger partial charge in [-0.15, -0.1) is 0 Å². The maximum absolute atomic E-state index is 9.89. The van der Waals surface area contributed by atoms with Crippen LogP contribution in [0, 0.1) is 0 Å². The Labute approximate surface area is 144 Å². The van der Waals surface area contributed by atoms with E-state index in [1.54, 1.807) is 6.07 Å². The van der Waals surface area contributed by atoms with E-state index in [4.69, 9.17) is 4.98 Å². The number of nitrogens with zero attached hydrogens (tertiary/aromatic N) is 2. The molecule has 23 heavy (non-hydrogen) atoms. The molecule has 2 aromatic rings. The Morgan fingerprint density at radius 2 is 1.91 bits per heavy atom. The van der Waals surface area contributed by atoms with Crippen molar-refractivity contribution in [1.29, 1.82) is 0 Å². The van der Waals surface area contributed by atoms with Crippen LogP contribution in [0.15, 0.2) is 34.9 Å². The summed E-state index contributed by atoms with van der Waals surface area (Å²) >= 11 is 3.55. The fraction of sp³-hybridized carbons (Fsp3) is 0.389. The molecule has 0 spiro atoms. The molecule has 2 aliphatic rings. The Hall–Kier alpha value is -1.43. The van der Waals surface area contributed by atoms with Crippen molar-refractivity contribution in [1.82, 2.24) is 15.2 Å². The zero-order chi connectivity index (χ0) is 15.8. The number of aryl methyl sites for hydroxylation is 2. The predicted molar refractivity (Wildman–Crippen MR) is 93.7 cm³/mol. The second kappa shape index (κ2) is 6.23. The highest BCUT2D eigenvalue weighted by molar-refractivity contribution is 9.10. The topological polar surface area (TPSA) is 48.4 Å². The van der Waals surface area contributed by atoms with Crippen molar-refractivity contribution < 1.29 is 5.11 Å². The predicted octanol–water partition coefficient (Wildman–Crippen LogP) is 2.64. The molecule has 1 saturated heterocycles. The van der Waals surface area contributed by atoms with Crippen LogP contribution in [0.2, 0.25) is 0 Å². The second-order valence-electron chi connectivity index (χ2n) is 6.27. The molecular weight excluding hydrogens is 354 g/mol. The molecule has 2 heterocycles. The fourth-order valence-corrected chi connectivity index (χ4v) is 4.12. The van der Waals surface area contributed by atoms with E-state index in [-0.39, 0.29) is 6.04 Å². The number of nitrogens with one attached hydrogen (secondary N) is 1. The van der Waals surface area contributed by atoms with Crippen molar-refractivity contribution in [2.45, 2.75) is 18.9 Å². The van der Waals surface area contributed by atoms with Gasteiger partial charge in [-0.1, -0.05) is 6.07 Å². The van der Waals surface area contributed by atoms with Crippen molar-refractivity contribution in [3.05, 3.63) is 57.3 Å². The molecule has 120 valence electrons. The summed E-state index contributed by atoms with van der Waals surface area (Å²) in [5, 5.41) is 13.3. The van der Waals surface area contributed by atoms with Gasteiger partial charge in [0, 0.05) is 36.8 Å². The summed E-state index contributed by atoms with van der Waals surface area (Å²) in [5.41, 5.74) is 5.00. The Kier molecular flexibility index (Phi) is 4.09. The van der Waals surface area contributed by atoms with Crippen molar-refractivity contribution in [3.8, 4) is 5.75 Å². The summed E-state index contributed by atoms with van der Waals surface area (Å²) < 4.78 is 1.03. The number of rotatable bonds is 1. The summed E-state index contributed by atoms with van der Waals surface area (Å²) in [4.78, 5) is 7.30. The van der Waals surface area contributed by atoms with E-state index in [0.29, 0.717) is 5.75 Å². The molecule has 1 aliphatic carbocycles. The minimum absolute atomic E-state index is 0.179. The number of piperazine rings is 1. The second-order valence-corrected chi connectivity index (χ2v) is 7.19. The molecule has 0 bridgehead atoms. The fourth-order valence-electron chi connectivity index (χ4n) is 3.74. The van der Waals surface area contributed by atoms with E-state index in [9.17, 15) is 5.11 Å². The molecule has 0 radical (unpaired) electrons. The normalized spacial score (nSPS) is 21.3. The minimum Gasteiger partial charge on any atom is -0.508 e. The lowest BCUT2D eigenvalue weighted by molar-refractivity contribution is 0.195. The summed E-state index contributed by atoms with van der Waals surface area (Å²) in [6.45, 7) is 4.05. The molecule has 2 N–H and O–H groups in total. The number of halogens is 1. The number of aromatic hydroxyl groups is 1. The van der Waals surface area contributed by atoms with Gasteiger partial charge in [0.05, 0.1) is 11.7 Å². The largest absolute Gasteiger partial charge is 0.508 e. The first-order valence-corrected chi connectivity index (χ1v) is 8.92. The van der Waals surface area contributed by atoms with Crippen LogP contribution in [0.3, 0.4) is 0 Å². The summed E-state index contributed by atoms with van der Waals surface area (Å²) in [6, 6.07) is 8.18. The van der Waals surface area contributed by atoms with Gasteiger partial charge in [0.25, 0.3) is 0 Å². The highest BCUT2D eigenvalue weighted by Gasteiger charge is 2.31. The van der Waals surface area contributed by atoms with E-state index < -0.39 is 0 Å². The van der Waals surface area contributed by atoms with Gasteiger partial charge in [-0.2, -0.15) is 0 Å². The molecule has 4 nitrogen and oxygen atoms in total. The van der Waals surface area contributed by atoms with Gasteiger partial charge in [-0.05, 0) is 63.7 Å². The number of phenolic OH excluding ortho intramolecular Hbond substituents is 1. The number of benzene rings is 1. The molecule has 1 aliphatic heterocycles. The van der Waals surface area contributed by atoms with Gasteiger partial charge in [0.15, 0.2) is 0 Å². The Balaban J connectivity index is 1.86. The average Bonchev–Trinajstić information content (AvgIpc) is 2.72. The Morgan fingerprint density at radius 1 is 1.13 bits per heavy atom. The molecule has 5 heteroatoms. The molecule has 0 saturated carbocycles. The van der Waals surface area contributed by atoms with Gasteiger partial charge >= 0.3 is 0 Å². The lowest BCUT2D eigenvalue weighted by Gasteiger charge is -2.35. The molecule has 1 aromatic carbocycles. The van der Waals surface area contributed by atoms with E-state index >= 15 is 0 Å². The average molecular weight is 374 g/mol. The van der Waals surface area contributed by atoms with E-state index in [2.05, 4.69) is 38.3 Å². The third kappa shape index (κ3) is 2.89. The molecule has 1 atom stereocenters. The van der Waals surface area contributed by atoms with Gasteiger partial charge in [-0.25, -0.2) is 0 Å². The van der Waals surface area contributed by atoms with Gasteiger partial charge in [-0.3, -0.25) is 9.88 Å². The van der Waals surface area contributed by atoms with E-state index in [1.165, 1.54) is 22.4 Å². The third-order valence-electron chi connectivity index (χ3n) is 4.83. The Bertz CT molecular complexity index is 675. The summed E-state index contributed by atoms with van der Waals surface area (Å²) in [6.07, 6.45) is 3.80. The van der Waals surface area contributed by atoms with Crippen molar-refractivity contribution in [2.75, 3.05) is 26.2 Å². The molecule has 0 amide bonds. The number of pyridine rings is 1. The number of fused-ring (bicyclic) bond motifs is 2. The zero-order valence-corrected chi connectivity index (χ0v) is 14.5. The van der Waals surface area contributed by atoms with E-state index in [0.717, 1.165) is 43.5 Å². The van der Waals surface area contributed by atoms with Crippen LogP contribution >= 0.6 is 15.9 Å². The maximum atomic E-state index is 9.89. The molecular formula is C18H20BrN3O. The zero-order valence-electron chi connectivity index (χ0n) is 12.9. The highest BCUT2D eigenvalue weighted by Crippen LogP contribution is 2.37. The highest BCUT2D eigenvalue weighted by atomic mass is 79.9. The SMILES string of the molecule is Oc1ccc2c(c1)CCc1cc(Br)cnc1C2N1CCNCC1. The Morgan fingerprint density at radius 3 is 2.74 bits per heavy atom. The summed E-state index contributed by atoms with van der Waals surface area (Å²) in [5.74, 6) is 0.350. The number of aromatic nitrogens is 1. The van der Waals surface area contributed by atoms with Crippen molar-refractivity contribution in [2.24, 2.45) is 0 Å². The smallest absolute Gasteiger partial charge is 0.115 e. The van der Waals surface area contributed by atoms with Gasteiger partial charge in [0.1, 0.15) is 5.75 Å². The van der Waals surface area contributed by atoms with Crippen LogP contribution in [0.1, 0.15) is 28.4 Å². The number of hydrogen-bond donors (Lipinski definition) is 2.